The van der Waals surface area contributed by atoms with E-state index >= 15 is 0 Å². The molecule has 1 unspecified atom stereocenters. The maximum absolute atomic E-state index is 9.43. The summed E-state index contributed by atoms with van der Waals surface area (Å²) < 4.78 is 0.763. The summed E-state index contributed by atoms with van der Waals surface area (Å²) in [5, 5.41) is 12.8. The average molecular weight is 271 g/mol. The minimum Gasteiger partial charge on any atom is -0.507 e. The van der Waals surface area contributed by atoms with Crippen LogP contribution in [0.15, 0.2) is 22.7 Å². The molecule has 4 heteroatoms. The third-order valence-electron chi connectivity index (χ3n) is 2.87. The second kappa shape index (κ2) is 4.51. The lowest BCUT2D eigenvalue weighted by atomic mass is 10.0. The Morgan fingerprint density at radius 2 is 2.33 bits per heavy atom. The normalized spacial score (nSPS) is 22.9. The fourth-order valence-electron chi connectivity index (χ4n) is 1.91. The van der Waals surface area contributed by atoms with Gasteiger partial charge in [0.25, 0.3) is 0 Å². The molecule has 3 nitrogen and oxygen atoms in total. The van der Waals surface area contributed by atoms with Crippen molar-refractivity contribution in [3.63, 3.8) is 0 Å². The van der Waals surface area contributed by atoms with E-state index in [2.05, 4.69) is 33.2 Å². The first kappa shape index (κ1) is 10.9. The summed E-state index contributed by atoms with van der Waals surface area (Å²) in [4.78, 5) is 2.33. The molecule has 1 aromatic carbocycles. The second-order valence-electron chi connectivity index (χ2n) is 3.91. The van der Waals surface area contributed by atoms with Crippen molar-refractivity contribution in [1.29, 1.82) is 0 Å². The maximum Gasteiger partial charge on any atom is 0.129 e. The molecule has 0 amide bonds. The fourth-order valence-corrected chi connectivity index (χ4v) is 2.31. The van der Waals surface area contributed by atoms with Crippen molar-refractivity contribution < 1.29 is 5.11 Å². The minimum atomic E-state index is 0.296. The lowest BCUT2D eigenvalue weighted by Crippen LogP contribution is -2.43. The molecule has 0 radical (unpaired) electrons. The van der Waals surface area contributed by atoms with Crippen LogP contribution in [0.2, 0.25) is 0 Å². The highest BCUT2D eigenvalue weighted by Crippen LogP contribution is 2.29. The van der Waals surface area contributed by atoms with Gasteiger partial charge in [0.05, 0.1) is 4.47 Å². The van der Waals surface area contributed by atoms with E-state index in [-0.39, 0.29) is 0 Å². The van der Waals surface area contributed by atoms with Crippen molar-refractivity contribution in [2.75, 3.05) is 26.7 Å². The van der Waals surface area contributed by atoms with Crippen molar-refractivity contribution in [1.82, 2.24) is 10.2 Å². The number of nitrogens with one attached hydrogen (secondary N) is 1. The van der Waals surface area contributed by atoms with E-state index in [4.69, 9.17) is 0 Å². The van der Waals surface area contributed by atoms with Crippen LogP contribution in [0.1, 0.15) is 11.6 Å². The van der Waals surface area contributed by atoms with E-state index in [0.29, 0.717) is 11.8 Å². The summed E-state index contributed by atoms with van der Waals surface area (Å²) in [5.74, 6) is 0.296. The van der Waals surface area contributed by atoms with Crippen LogP contribution in [0, 0.1) is 0 Å². The third-order valence-corrected chi connectivity index (χ3v) is 3.50. The van der Waals surface area contributed by atoms with E-state index in [9.17, 15) is 5.11 Å². The SMILES string of the molecule is CN1CCNCC1c1ccc(O)c(Br)c1. The van der Waals surface area contributed by atoms with Gasteiger partial charge in [-0.3, -0.25) is 4.90 Å². The Balaban J connectivity index is 2.24. The van der Waals surface area contributed by atoms with Gasteiger partial charge in [-0.05, 0) is 40.7 Å². The number of phenolic OH excluding ortho intramolecular Hbond substituents is 1. The van der Waals surface area contributed by atoms with Gasteiger partial charge in [-0.1, -0.05) is 6.07 Å². The van der Waals surface area contributed by atoms with E-state index < -0.39 is 0 Å². The van der Waals surface area contributed by atoms with Crippen molar-refractivity contribution >= 4 is 15.9 Å². The highest BCUT2D eigenvalue weighted by molar-refractivity contribution is 9.10. The minimum absolute atomic E-state index is 0.296. The Kier molecular flexibility index (Phi) is 3.29. The zero-order chi connectivity index (χ0) is 10.8. The number of phenols is 1. The monoisotopic (exact) mass is 270 g/mol. The van der Waals surface area contributed by atoms with Gasteiger partial charge in [0.2, 0.25) is 0 Å². The van der Waals surface area contributed by atoms with Crippen LogP contribution in [0.4, 0.5) is 0 Å². The Morgan fingerprint density at radius 1 is 1.53 bits per heavy atom. The Labute approximate surface area is 98.2 Å². The molecular weight excluding hydrogens is 256 g/mol. The van der Waals surface area contributed by atoms with Crippen LogP contribution in [-0.2, 0) is 0 Å². The van der Waals surface area contributed by atoms with Gasteiger partial charge in [0.1, 0.15) is 5.75 Å². The summed E-state index contributed by atoms with van der Waals surface area (Å²) >= 11 is 3.34. The van der Waals surface area contributed by atoms with Gasteiger partial charge in [0.15, 0.2) is 0 Å². The van der Waals surface area contributed by atoms with Gasteiger partial charge < -0.3 is 10.4 Å². The Hall–Kier alpha value is -0.580. The number of piperazine rings is 1. The zero-order valence-electron chi connectivity index (χ0n) is 8.70. The number of hydrogen-bond acceptors (Lipinski definition) is 3. The standard InChI is InChI=1S/C11H15BrN2O/c1-14-5-4-13-7-10(14)8-2-3-11(15)9(12)6-8/h2-3,6,10,13,15H,4-5,7H2,1H3. The van der Waals surface area contributed by atoms with Crippen molar-refractivity contribution in [3.05, 3.63) is 28.2 Å². The van der Waals surface area contributed by atoms with Crippen molar-refractivity contribution in [2.45, 2.75) is 6.04 Å². The molecule has 0 saturated carbocycles. The van der Waals surface area contributed by atoms with Crippen LogP contribution in [0.3, 0.4) is 0 Å². The first-order valence-corrected chi connectivity index (χ1v) is 5.87. The zero-order valence-corrected chi connectivity index (χ0v) is 10.3. The summed E-state index contributed by atoms with van der Waals surface area (Å²) in [5.41, 5.74) is 1.23. The maximum atomic E-state index is 9.43. The number of rotatable bonds is 1. The van der Waals surface area contributed by atoms with Crippen molar-refractivity contribution in [3.8, 4) is 5.75 Å². The molecule has 1 fully saturated rings. The summed E-state index contributed by atoms with van der Waals surface area (Å²) in [6.07, 6.45) is 0. The van der Waals surface area contributed by atoms with E-state index in [0.717, 1.165) is 24.1 Å². The largest absolute Gasteiger partial charge is 0.507 e. The molecule has 1 aliphatic rings. The first-order valence-electron chi connectivity index (χ1n) is 5.08. The quantitative estimate of drug-likeness (QED) is 0.816. The third kappa shape index (κ3) is 2.33. The van der Waals surface area contributed by atoms with Gasteiger partial charge in [-0.25, -0.2) is 0 Å². The fraction of sp³-hybridized carbons (Fsp3) is 0.455. The summed E-state index contributed by atoms with van der Waals surface area (Å²) in [6.45, 7) is 3.07. The molecule has 0 aromatic heterocycles. The molecule has 1 atom stereocenters. The van der Waals surface area contributed by atoms with Crippen LogP contribution in [-0.4, -0.2) is 36.7 Å². The molecule has 1 heterocycles. The van der Waals surface area contributed by atoms with Crippen LogP contribution in [0.25, 0.3) is 0 Å². The van der Waals surface area contributed by atoms with Crippen LogP contribution < -0.4 is 5.32 Å². The van der Waals surface area contributed by atoms with E-state index in [1.54, 1.807) is 6.07 Å². The molecule has 0 spiro atoms. The van der Waals surface area contributed by atoms with Gasteiger partial charge in [-0.2, -0.15) is 0 Å². The predicted molar refractivity (Wildman–Crippen MR) is 64.0 cm³/mol. The van der Waals surface area contributed by atoms with Gasteiger partial charge in [-0.15, -0.1) is 0 Å². The van der Waals surface area contributed by atoms with Gasteiger partial charge in [0, 0.05) is 25.7 Å². The molecular formula is C11H15BrN2O. The van der Waals surface area contributed by atoms with Crippen LogP contribution >= 0.6 is 15.9 Å². The lowest BCUT2D eigenvalue weighted by molar-refractivity contribution is 0.202. The number of hydrogen-bond donors (Lipinski definition) is 2. The molecule has 1 saturated heterocycles. The van der Waals surface area contributed by atoms with E-state index in [1.807, 2.05) is 12.1 Å². The predicted octanol–water partition coefficient (Wildman–Crippen LogP) is 1.73. The smallest absolute Gasteiger partial charge is 0.129 e. The lowest BCUT2D eigenvalue weighted by Gasteiger charge is -2.33. The van der Waals surface area contributed by atoms with Crippen LogP contribution in [0.5, 0.6) is 5.75 Å². The second-order valence-corrected chi connectivity index (χ2v) is 4.77. The number of aromatic hydroxyl groups is 1. The summed E-state index contributed by atoms with van der Waals surface area (Å²) in [6, 6.07) is 6.11. The number of halogens is 1. The first-order chi connectivity index (χ1) is 7.18. The number of likely N-dealkylation sites (N-methyl/N-ethyl adjacent to an activating group) is 1. The Bertz CT molecular complexity index is 356. The van der Waals surface area contributed by atoms with E-state index in [1.165, 1.54) is 5.56 Å². The molecule has 82 valence electrons. The highest BCUT2D eigenvalue weighted by atomic mass is 79.9. The molecule has 15 heavy (non-hydrogen) atoms. The molecule has 1 aromatic rings. The Morgan fingerprint density at radius 3 is 3.00 bits per heavy atom. The number of nitrogens with zero attached hydrogens (tertiary/aromatic N) is 1. The molecule has 1 aliphatic heterocycles. The molecule has 2 rings (SSSR count). The molecule has 0 aliphatic carbocycles. The average Bonchev–Trinajstić information content (AvgIpc) is 2.23. The van der Waals surface area contributed by atoms with Crippen molar-refractivity contribution in [2.24, 2.45) is 0 Å². The highest BCUT2D eigenvalue weighted by Gasteiger charge is 2.20. The van der Waals surface area contributed by atoms with Gasteiger partial charge >= 0.3 is 0 Å². The summed E-state index contributed by atoms with van der Waals surface area (Å²) in [7, 11) is 2.13. The topological polar surface area (TPSA) is 35.5 Å². The number of benzene rings is 1. The molecule has 2 N–H and O–H groups in total. The molecule has 0 bridgehead atoms.